The molecule has 4 heteroatoms. The van der Waals surface area contributed by atoms with Gasteiger partial charge in [0.1, 0.15) is 0 Å². The lowest BCUT2D eigenvalue weighted by molar-refractivity contribution is 0.0589. The molecule has 0 aromatic heterocycles. The van der Waals surface area contributed by atoms with Crippen LogP contribution in [0.3, 0.4) is 0 Å². The lowest BCUT2D eigenvalue weighted by Crippen LogP contribution is -2.45. The zero-order valence-electron chi connectivity index (χ0n) is 11.5. The van der Waals surface area contributed by atoms with Crippen LogP contribution in [-0.2, 0) is 6.42 Å². The number of carbonyl (C=O) groups excluding carboxylic acids is 2. The van der Waals surface area contributed by atoms with Crippen LogP contribution < -0.4 is 5.73 Å². The fourth-order valence-electron chi connectivity index (χ4n) is 2.71. The highest BCUT2D eigenvalue weighted by molar-refractivity contribution is 6.21. The normalized spacial score (nSPS) is 15.2. The van der Waals surface area contributed by atoms with Crippen molar-refractivity contribution in [3.63, 3.8) is 0 Å². The molecule has 0 fully saturated rings. The molecule has 3 rings (SSSR count). The summed E-state index contributed by atoms with van der Waals surface area (Å²) in [5.41, 5.74) is 7.81. The second-order valence-electron chi connectivity index (χ2n) is 5.11. The van der Waals surface area contributed by atoms with E-state index in [1.54, 1.807) is 24.3 Å². The molecule has 0 spiro atoms. The van der Waals surface area contributed by atoms with E-state index >= 15 is 0 Å². The molecule has 106 valence electrons. The summed E-state index contributed by atoms with van der Waals surface area (Å²) in [6, 6.07) is 16.3. The Balaban J connectivity index is 1.89. The minimum Gasteiger partial charge on any atom is -0.328 e. The fraction of sp³-hybridized carbons (Fsp3) is 0.176. The van der Waals surface area contributed by atoms with Gasteiger partial charge >= 0.3 is 0 Å². The Labute approximate surface area is 123 Å². The third-order valence-electron chi connectivity index (χ3n) is 3.78. The standard InChI is InChI=1S/C17H16N2O2/c18-11-13(10-12-6-2-1-3-7-12)19-16(20)14-8-4-5-9-15(14)17(19)21/h1-9,13H,10-11,18H2. The van der Waals surface area contributed by atoms with Crippen molar-refractivity contribution in [2.45, 2.75) is 12.5 Å². The molecule has 0 radical (unpaired) electrons. The molecular formula is C17H16N2O2. The molecule has 0 aliphatic carbocycles. The van der Waals surface area contributed by atoms with E-state index in [-0.39, 0.29) is 24.4 Å². The van der Waals surface area contributed by atoms with Crippen molar-refractivity contribution in [1.82, 2.24) is 4.90 Å². The number of rotatable bonds is 4. The third kappa shape index (κ3) is 2.34. The molecule has 1 atom stereocenters. The molecule has 21 heavy (non-hydrogen) atoms. The second-order valence-corrected chi connectivity index (χ2v) is 5.11. The number of carbonyl (C=O) groups is 2. The van der Waals surface area contributed by atoms with E-state index in [0.717, 1.165) is 5.56 Å². The van der Waals surface area contributed by atoms with Gasteiger partial charge in [0, 0.05) is 6.54 Å². The van der Waals surface area contributed by atoms with Crippen LogP contribution >= 0.6 is 0 Å². The van der Waals surface area contributed by atoms with E-state index in [9.17, 15) is 9.59 Å². The zero-order chi connectivity index (χ0) is 14.8. The number of nitrogens with two attached hydrogens (primary N) is 1. The zero-order valence-corrected chi connectivity index (χ0v) is 11.5. The van der Waals surface area contributed by atoms with Crippen LogP contribution in [0, 0.1) is 0 Å². The van der Waals surface area contributed by atoms with Crippen molar-refractivity contribution in [1.29, 1.82) is 0 Å². The van der Waals surface area contributed by atoms with Crippen molar-refractivity contribution >= 4 is 11.8 Å². The maximum absolute atomic E-state index is 12.4. The van der Waals surface area contributed by atoms with Crippen molar-refractivity contribution in [2.75, 3.05) is 6.54 Å². The summed E-state index contributed by atoms with van der Waals surface area (Å²) in [5, 5.41) is 0. The van der Waals surface area contributed by atoms with Crippen LogP contribution in [0.1, 0.15) is 26.3 Å². The van der Waals surface area contributed by atoms with E-state index in [1.807, 2.05) is 30.3 Å². The molecule has 1 aliphatic rings. The molecule has 0 saturated carbocycles. The van der Waals surface area contributed by atoms with Gasteiger partial charge in [0.2, 0.25) is 0 Å². The van der Waals surface area contributed by atoms with Crippen LogP contribution in [0.5, 0.6) is 0 Å². The van der Waals surface area contributed by atoms with Crippen molar-refractivity contribution < 1.29 is 9.59 Å². The Kier molecular flexibility index (Phi) is 3.54. The third-order valence-corrected chi connectivity index (χ3v) is 3.78. The van der Waals surface area contributed by atoms with E-state index in [1.165, 1.54) is 4.90 Å². The number of imide groups is 1. The molecule has 0 saturated heterocycles. The number of amides is 2. The highest BCUT2D eigenvalue weighted by atomic mass is 16.2. The van der Waals surface area contributed by atoms with Gasteiger partial charge in [0.25, 0.3) is 11.8 Å². The number of nitrogens with zero attached hydrogens (tertiary/aromatic N) is 1. The maximum Gasteiger partial charge on any atom is 0.261 e. The first-order valence-corrected chi connectivity index (χ1v) is 6.93. The van der Waals surface area contributed by atoms with Crippen molar-refractivity contribution in [3.05, 3.63) is 71.3 Å². The summed E-state index contributed by atoms with van der Waals surface area (Å²) in [6.45, 7) is 0.250. The van der Waals surface area contributed by atoms with E-state index in [0.29, 0.717) is 17.5 Å². The summed E-state index contributed by atoms with van der Waals surface area (Å²) in [4.78, 5) is 26.2. The van der Waals surface area contributed by atoms with Crippen LogP contribution in [0.4, 0.5) is 0 Å². The molecule has 2 N–H and O–H groups in total. The van der Waals surface area contributed by atoms with Crippen LogP contribution in [0.15, 0.2) is 54.6 Å². The largest absolute Gasteiger partial charge is 0.328 e. The van der Waals surface area contributed by atoms with Gasteiger partial charge in [-0.15, -0.1) is 0 Å². The Bertz CT molecular complexity index is 647. The molecule has 2 aromatic carbocycles. The average molecular weight is 280 g/mol. The van der Waals surface area contributed by atoms with Gasteiger partial charge in [0.05, 0.1) is 17.2 Å². The minimum atomic E-state index is -0.320. The summed E-state index contributed by atoms with van der Waals surface area (Å²) in [6.07, 6.45) is 0.572. The van der Waals surface area contributed by atoms with Gasteiger partial charge < -0.3 is 5.73 Å². The first kappa shape index (κ1) is 13.5. The first-order valence-electron chi connectivity index (χ1n) is 6.93. The molecule has 4 nitrogen and oxygen atoms in total. The first-order chi connectivity index (χ1) is 10.2. The smallest absolute Gasteiger partial charge is 0.261 e. The Morgan fingerprint density at radius 2 is 1.38 bits per heavy atom. The topological polar surface area (TPSA) is 63.4 Å². The molecule has 2 amide bonds. The van der Waals surface area contributed by atoms with Gasteiger partial charge in [-0.3, -0.25) is 14.5 Å². The lowest BCUT2D eigenvalue weighted by atomic mass is 10.0. The quantitative estimate of drug-likeness (QED) is 0.869. The van der Waals surface area contributed by atoms with E-state index in [2.05, 4.69) is 0 Å². The van der Waals surface area contributed by atoms with Crippen molar-refractivity contribution in [2.24, 2.45) is 5.73 Å². The SMILES string of the molecule is NCC(Cc1ccccc1)N1C(=O)c2ccccc2C1=O. The molecule has 1 unspecified atom stereocenters. The summed E-state index contributed by atoms with van der Waals surface area (Å²) < 4.78 is 0. The fourth-order valence-corrected chi connectivity index (χ4v) is 2.71. The van der Waals surface area contributed by atoms with Gasteiger partial charge in [-0.05, 0) is 24.1 Å². The molecule has 2 aromatic rings. The van der Waals surface area contributed by atoms with E-state index < -0.39 is 0 Å². The highest BCUT2D eigenvalue weighted by Gasteiger charge is 2.39. The predicted octanol–water partition coefficient (Wildman–Crippen LogP) is 1.85. The predicted molar refractivity (Wildman–Crippen MR) is 79.9 cm³/mol. The van der Waals surface area contributed by atoms with Gasteiger partial charge in [-0.2, -0.15) is 0 Å². The second kappa shape index (κ2) is 5.50. The minimum absolute atomic E-state index is 0.248. The van der Waals surface area contributed by atoms with Crippen LogP contribution in [0.2, 0.25) is 0 Å². The molecule has 0 bridgehead atoms. The van der Waals surface area contributed by atoms with Gasteiger partial charge in [0.15, 0.2) is 0 Å². The van der Waals surface area contributed by atoms with E-state index in [4.69, 9.17) is 5.73 Å². The monoisotopic (exact) mass is 280 g/mol. The molecule has 1 aliphatic heterocycles. The number of fused-ring (bicyclic) bond motifs is 1. The highest BCUT2D eigenvalue weighted by Crippen LogP contribution is 2.25. The van der Waals surface area contributed by atoms with Gasteiger partial charge in [-0.25, -0.2) is 0 Å². The summed E-state index contributed by atoms with van der Waals surface area (Å²) in [5.74, 6) is -0.496. The van der Waals surface area contributed by atoms with Gasteiger partial charge in [-0.1, -0.05) is 42.5 Å². The molecular weight excluding hydrogens is 264 g/mol. The number of benzene rings is 2. The Hall–Kier alpha value is -2.46. The number of hydrogen-bond acceptors (Lipinski definition) is 3. The number of hydrogen-bond donors (Lipinski definition) is 1. The average Bonchev–Trinajstić information content (AvgIpc) is 2.78. The van der Waals surface area contributed by atoms with Crippen LogP contribution in [-0.4, -0.2) is 29.3 Å². The van der Waals surface area contributed by atoms with Crippen LogP contribution in [0.25, 0.3) is 0 Å². The Morgan fingerprint density at radius 1 is 0.857 bits per heavy atom. The summed E-state index contributed by atoms with van der Waals surface area (Å²) in [7, 11) is 0. The maximum atomic E-state index is 12.4. The lowest BCUT2D eigenvalue weighted by Gasteiger charge is -2.25. The molecule has 1 heterocycles. The Morgan fingerprint density at radius 3 is 1.90 bits per heavy atom. The summed E-state index contributed by atoms with van der Waals surface area (Å²) >= 11 is 0. The van der Waals surface area contributed by atoms with Crippen molar-refractivity contribution in [3.8, 4) is 0 Å².